The summed E-state index contributed by atoms with van der Waals surface area (Å²) in [7, 11) is 0. The highest BCUT2D eigenvalue weighted by atomic mass is 32.2. The molecule has 0 saturated carbocycles. The van der Waals surface area contributed by atoms with E-state index in [0.717, 1.165) is 5.75 Å². The Morgan fingerprint density at radius 2 is 2.00 bits per heavy atom. The van der Waals surface area contributed by atoms with Gasteiger partial charge in [0.15, 0.2) is 5.16 Å². The molecule has 6 nitrogen and oxygen atoms in total. The van der Waals surface area contributed by atoms with Crippen LogP contribution >= 0.6 is 11.8 Å². The van der Waals surface area contributed by atoms with Crippen LogP contribution in [0.5, 0.6) is 5.75 Å². The fourth-order valence-corrected chi connectivity index (χ4v) is 3.48. The number of allylic oxidation sites excluding steroid dienone is 1. The topological polar surface area (TPSA) is 73.2 Å². The molecule has 0 aliphatic carbocycles. The van der Waals surface area contributed by atoms with Gasteiger partial charge in [0.1, 0.15) is 5.75 Å². The number of fused-ring (bicyclic) bond motifs is 1. The average Bonchev–Trinajstić information content (AvgIpc) is 2.70. The summed E-state index contributed by atoms with van der Waals surface area (Å²) >= 11 is 1.22. The van der Waals surface area contributed by atoms with Gasteiger partial charge < -0.3 is 10.1 Å². The van der Waals surface area contributed by atoms with E-state index in [1.807, 2.05) is 13.0 Å². The monoisotopic (exact) mass is 395 g/mol. The molecule has 1 amide bonds. The van der Waals surface area contributed by atoms with Crippen LogP contribution in [-0.4, -0.2) is 27.8 Å². The lowest BCUT2D eigenvalue weighted by atomic mass is 10.2. The van der Waals surface area contributed by atoms with Crippen molar-refractivity contribution in [2.24, 2.45) is 0 Å². The van der Waals surface area contributed by atoms with Gasteiger partial charge in [-0.3, -0.25) is 14.2 Å². The molecule has 0 aliphatic heterocycles. The van der Waals surface area contributed by atoms with Crippen molar-refractivity contribution >= 4 is 34.3 Å². The number of anilines is 1. The number of amides is 1. The van der Waals surface area contributed by atoms with E-state index in [2.05, 4.69) is 16.9 Å². The number of aromatic nitrogens is 2. The molecular weight excluding hydrogens is 374 g/mol. The molecule has 0 unspecified atom stereocenters. The Labute approximate surface area is 167 Å². The minimum Gasteiger partial charge on any atom is -0.494 e. The van der Waals surface area contributed by atoms with Gasteiger partial charge >= 0.3 is 0 Å². The van der Waals surface area contributed by atoms with Crippen LogP contribution in [0.4, 0.5) is 5.69 Å². The number of ether oxygens (including phenoxy) is 1. The summed E-state index contributed by atoms with van der Waals surface area (Å²) in [6.45, 7) is 6.54. The number of nitrogens with zero attached hydrogens (tertiary/aromatic N) is 2. The summed E-state index contributed by atoms with van der Waals surface area (Å²) in [4.78, 5) is 29.6. The Morgan fingerprint density at radius 1 is 1.25 bits per heavy atom. The molecule has 0 aliphatic rings. The smallest absolute Gasteiger partial charge is 0.262 e. The zero-order valence-corrected chi connectivity index (χ0v) is 16.4. The Bertz CT molecular complexity index is 1040. The number of carbonyl (C=O) groups is 1. The molecule has 28 heavy (non-hydrogen) atoms. The Balaban J connectivity index is 1.73. The quantitative estimate of drug-likeness (QED) is 0.358. The van der Waals surface area contributed by atoms with Gasteiger partial charge in [0.05, 0.1) is 23.3 Å². The lowest BCUT2D eigenvalue weighted by molar-refractivity contribution is -0.113. The minimum absolute atomic E-state index is 0.134. The summed E-state index contributed by atoms with van der Waals surface area (Å²) in [5.41, 5.74) is 1.16. The molecule has 1 N–H and O–H groups in total. The molecule has 0 bridgehead atoms. The molecule has 0 fully saturated rings. The van der Waals surface area contributed by atoms with Crippen molar-refractivity contribution in [3.63, 3.8) is 0 Å². The first-order valence-electron chi connectivity index (χ1n) is 8.88. The zero-order valence-electron chi connectivity index (χ0n) is 15.6. The van der Waals surface area contributed by atoms with Crippen LogP contribution in [-0.2, 0) is 11.3 Å². The SMILES string of the molecule is C=CCn1c(SCC(=O)Nc2ccc(OCC)cc2)nc2ccccc2c1=O. The van der Waals surface area contributed by atoms with Crippen LogP contribution < -0.4 is 15.6 Å². The fourth-order valence-electron chi connectivity index (χ4n) is 2.68. The van der Waals surface area contributed by atoms with Gasteiger partial charge in [0.2, 0.25) is 5.91 Å². The van der Waals surface area contributed by atoms with Gasteiger partial charge in [0, 0.05) is 12.2 Å². The van der Waals surface area contributed by atoms with E-state index in [0.29, 0.717) is 34.9 Å². The number of thioether (sulfide) groups is 1. The first-order valence-corrected chi connectivity index (χ1v) is 9.87. The number of para-hydroxylation sites is 1. The third-order valence-corrected chi connectivity index (χ3v) is 4.90. The lowest BCUT2D eigenvalue weighted by Gasteiger charge is -2.11. The van der Waals surface area contributed by atoms with Gasteiger partial charge in [-0.05, 0) is 43.3 Å². The molecule has 0 atom stereocenters. The Morgan fingerprint density at radius 3 is 2.71 bits per heavy atom. The molecule has 144 valence electrons. The van der Waals surface area contributed by atoms with Gasteiger partial charge in [0.25, 0.3) is 5.56 Å². The van der Waals surface area contributed by atoms with E-state index in [1.54, 1.807) is 48.5 Å². The largest absolute Gasteiger partial charge is 0.494 e. The number of hydrogen-bond acceptors (Lipinski definition) is 5. The van der Waals surface area contributed by atoms with E-state index in [4.69, 9.17) is 4.74 Å². The van der Waals surface area contributed by atoms with Crippen molar-refractivity contribution in [2.75, 3.05) is 17.7 Å². The second-order valence-corrected chi connectivity index (χ2v) is 6.85. The summed E-state index contributed by atoms with van der Waals surface area (Å²) in [5.74, 6) is 0.709. The van der Waals surface area contributed by atoms with Crippen LogP contribution in [0.3, 0.4) is 0 Å². The highest BCUT2D eigenvalue weighted by Crippen LogP contribution is 2.19. The number of nitrogens with one attached hydrogen (secondary N) is 1. The van der Waals surface area contributed by atoms with Gasteiger partial charge in [-0.25, -0.2) is 4.98 Å². The van der Waals surface area contributed by atoms with E-state index >= 15 is 0 Å². The maximum atomic E-state index is 12.7. The third kappa shape index (κ3) is 4.61. The number of benzene rings is 2. The molecular formula is C21H21N3O3S. The molecule has 2 aromatic carbocycles. The van der Waals surface area contributed by atoms with Crippen LogP contribution in [0.2, 0.25) is 0 Å². The van der Waals surface area contributed by atoms with Gasteiger partial charge in [-0.1, -0.05) is 30.0 Å². The van der Waals surface area contributed by atoms with Crippen LogP contribution in [0, 0.1) is 0 Å². The van der Waals surface area contributed by atoms with Crippen molar-refractivity contribution in [3.05, 3.63) is 71.5 Å². The van der Waals surface area contributed by atoms with Crippen LogP contribution in [0.15, 0.2) is 71.1 Å². The van der Waals surface area contributed by atoms with E-state index in [1.165, 1.54) is 16.3 Å². The number of carbonyl (C=O) groups excluding carboxylic acids is 1. The Kier molecular flexibility index (Phi) is 6.49. The first-order chi connectivity index (χ1) is 13.6. The fraction of sp³-hybridized carbons (Fsp3) is 0.190. The number of rotatable bonds is 8. The molecule has 3 rings (SSSR count). The van der Waals surface area contributed by atoms with E-state index in [-0.39, 0.29) is 17.2 Å². The molecule has 3 aromatic rings. The molecule has 0 spiro atoms. The third-order valence-electron chi connectivity index (χ3n) is 3.92. The van der Waals surface area contributed by atoms with Crippen molar-refractivity contribution in [1.29, 1.82) is 0 Å². The summed E-state index contributed by atoms with van der Waals surface area (Å²) < 4.78 is 6.92. The second-order valence-electron chi connectivity index (χ2n) is 5.91. The number of hydrogen-bond donors (Lipinski definition) is 1. The van der Waals surface area contributed by atoms with E-state index in [9.17, 15) is 9.59 Å². The van der Waals surface area contributed by atoms with E-state index < -0.39 is 0 Å². The van der Waals surface area contributed by atoms with Gasteiger partial charge in [-0.15, -0.1) is 6.58 Å². The predicted molar refractivity (Wildman–Crippen MR) is 113 cm³/mol. The molecule has 1 heterocycles. The maximum absolute atomic E-state index is 12.7. The highest BCUT2D eigenvalue weighted by Gasteiger charge is 2.12. The minimum atomic E-state index is -0.179. The molecule has 0 radical (unpaired) electrons. The van der Waals surface area contributed by atoms with Crippen LogP contribution in [0.25, 0.3) is 10.9 Å². The zero-order chi connectivity index (χ0) is 19.9. The summed E-state index contributed by atoms with van der Waals surface area (Å²) in [6.07, 6.45) is 1.64. The molecule has 7 heteroatoms. The summed E-state index contributed by atoms with van der Waals surface area (Å²) in [6, 6.07) is 14.4. The predicted octanol–water partition coefficient (Wildman–Crippen LogP) is 3.71. The van der Waals surface area contributed by atoms with Crippen molar-refractivity contribution in [2.45, 2.75) is 18.6 Å². The average molecular weight is 395 g/mol. The molecule has 1 aromatic heterocycles. The molecule has 0 saturated heterocycles. The van der Waals surface area contributed by atoms with Crippen LogP contribution in [0.1, 0.15) is 6.92 Å². The lowest BCUT2D eigenvalue weighted by Crippen LogP contribution is -2.23. The Hall–Kier alpha value is -3.06. The normalized spacial score (nSPS) is 10.6. The van der Waals surface area contributed by atoms with Crippen molar-refractivity contribution in [1.82, 2.24) is 9.55 Å². The highest BCUT2D eigenvalue weighted by molar-refractivity contribution is 7.99. The van der Waals surface area contributed by atoms with Crippen molar-refractivity contribution < 1.29 is 9.53 Å². The standard InChI is InChI=1S/C21H21N3O3S/c1-3-13-24-20(26)17-7-5-6-8-18(17)23-21(24)28-14-19(25)22-15-9-11-16(12-10-15)27-4-2/h3,5-12H,1,4,13-14H2,2H3,(H,22,25). The first kappa shape index (κ1) is 19.7. The maximum Gasteiger partial charge on any atom is 0.262 e. The van der Waals surface area contributed by atoms with Crippen molar-refractivity contribution in [3.8, 4) is 5.75 Å². The summed E-state index contributed by atoms with van der Waals surface area (Å²) in [5, 5.41) is 3.87. The second kappa shape index (κ2) is 9.23. The van der Waals surface area contributed by atoms with Gasteiger partial charge in [-0.2, -0.15) is 0 Å².